The molecule has 200 valence electrons. The van der Waals surface area contributed by atoms with Gasteiger partial charge in [0, 0.05) is 73.3 Å². The van der Waals surface area contributed by atoms with E-state index >= 15 is 0 Å². The van der Waals surface area contributed by atoms with Crippen molar-refractivity contribution in [1.82, 2.24) is 23.4 Å². The molecule has 1 aliphatic heterocycles. The normalized spacial score (nSPS) is 18.1. The molecule has 6 rings (SSSR count). The van der Waals surface area contributed by atoms with Gasteiger partial charge in [0.15, 0.2) is 5.78 Å². The molecule has 1 amide bonds. The van der Waals surface area contributed by atoms with Crippen LogP contribution in [0, 0.1) is 5.92 Å². The zero-order valence-electron chi connectivity index (χ0n) is 21.5. The highest BCUT2D eigenvalue weighted by atomic mass is 32.2. The molecule has 5 aromatic rings. The Morgan fingerprint density at radius 3 is 2.69 bits per heavy atom. The number of hydrogen-bond donors (Lipinski definition) is 1. The number of aromatic nitrogens is 4. The molecule has 2 atom stereocenters. The summed E-state index contributed by atoms with van der Waals surface area (Å²) >= 11 is 0. The lowest BCUT2D eigenvalue weighted by molar-refractivity contribution is -0.133. The van der Waals surface area contributed by atoms with Crippen LogP contribution in [-0.2, 0) is 14.8 Å². The number of carbonyl (C=O) groups excluding carboxylic acids is 2. The van der Waals surface area contributed by atoms with Gasteiger partial charge in [-0.05, 0) is 42.7 Å². The van der Waals surface area contributed by atoms with Crippen molar-refractivity contribution in [2.75, 3.05) is 13.1 Å². The molecule has 4 aromatic heterocycles. The van der Waals surface area contributed by atoms with Gasteiger partial charge >= 0.3 is 0 Å². The highest BCUT2D eigenvalue weighted by Crippen LogP contribution is 2.34. The molecular formula is C29H29N5O4S. The zero-order chi connectivity index (χ0) is 27.1. The number of nitrogens with zero attached hydrogens (tertiary/aromatic N) is 4. The standard InChI is InChI=1S/C29H29N5O4S/c1-20-10-14-32(19-25(20)34-16-12-21-17-31-29-24(28(21)34)9-13-30-29)27(36)8-7-26(35)22-11-15-33(18-22)39(37,38)23-5-3-2-4-6-23/h2-6,9,11-13,15-18,20,25H,7-8,10,14,19H2,1H3,(H,30,31)/t20-,25+/m1/s1. The average molecular weight is 544 g/mol. The van der Waals surface area contributed by atoms with Crippen molar-refractivity contribution in [3.63, 3.8) is 0 Å². The zero-order valence-corrected chi connectivity index (χ0v) is 22.3. The monoisotopic (exact) mass is 543 g/mol. The molecule has 1 fully saturated rings. The first-order valence-electron chi connectivity index (χ1n) is 13.0. The van der Waals surface area contributed by atoms with Crippen LogP contribution in [0.15, 0.2) is 84.4 Å². The first-order chi connectivity index (χ1) is 18.8. The summed E-state index contributed by atoms with van der Waals surface area (Å²) in [7, 11) is -3.78. The maximum absolute atomic E-state index is 13.2. The molecule has 5 heterocycles. The lowest BCUT2D eigenvalue weighted by atomic mass is 9.92. The molecule has 39 heavy (non-hydrogen) atoms. The van der Waals surface area contributed by atoms with Crippen molar-refractivity contribution < 1.29 is 18.0 Å². The van der Waals surface area contributed by atoms with Crippen LogP contribution < -0.4 is 0 Å². The predicted octanol–water partition coefficient (Wildman–Crippen LogP) is 4.63. The molecular weight excluding hydrogens is 514 g/mol. The number of hydrogen-bond acceptors (Lipinski definition) is 5. The van der Waals surface area contributed by atoms with Crippen molar-refractivity contribution in [2.24, 2.45) is 5.92 Å². The van der Waals surface area contributed by atoms with Crippen molar-refractivity contribution in [3.05, 3.63) is 85.1 Å². The van der Waals surface area contributed by atoms with Gasteiger partial charge in [-0.2, -0.15) is 0 Å². The number of nitrogens with one attached hydrogen (secondary N) is 1. The quantitative estimate of drug-likeness (QED) is 0.301. The summed E-state index contributed by atoms with van der Waals surface area (Å²) in [6.07, 6.45) is 9.48. The van der Waals surface area contributed by atoms with Crippen molar-refractivity contribution in [1.29, 1.82) is 0 Å². The number of pyridine rings is 1. The molecule has 1 aromatic carbocycles. The van der Waals surface area contributed by atoms with Gasteiger partial charge in [0.05, 0.1) is 16.5 Å². The minimum Gasteiger partial charge on any atom is -0.346 e. The van der Waals surface area contributed by atoms with E-state index in [1.165, 1.54) is 30.6 Å². The third kappa shape index (κ3) is 4.54. The van der Waals surface area contributed by atoms with E-state index in [9.17, 15) is 18.0 Å². The fourth-order valence-electron chi connectivity index (χ4n) is 5.50. The summed E-state index contributed by atoms with van der Waals surface area (Å²) in [6, 6.07) is 13.7. The molecule has 0 bridgehead atoms. The van der Waals surface area contributed by atoms with E-state index in [1.54, 1.807) is 18.2 Å². The summed E-state index contributed by atoms with van der Waals surface area (Å²) in [6.45, 7) is 3.43. The van der Waals surface area contributed by atoms with Crippen LogP contribution >= 0.6 is 0 Å². The molecule has 0 unspecified atom stereocenters. The van der Waals surface area contributed by atoms with Crippen LogP contribution in [0.4, 0.5) is 0 Å². The van der Waals surface area contributed by atoms with E-state index in [0.29, 0.717) is 19.0 Å². The SMILES string of the molecule is C[C@@H]1CCN(C(=O)CCC(=O)c2ccn(S(=O)(=O)c3ccccc3)c2)C[C@@H]1n1ccc2cnc3[nH]ccc3c21. The summed E-state index contributed by atoms with van der Waals surface area (Å²) in [4.78, 5) is 35.7. The fraction of sp³-hybridized carbons (Fsp3) is 0.276. The lowest BCUT2D eigenvalue weighted by Gasteiger charge is -2.38. The van der Waals surface area contributed by atoms with Gasteiger partial charge in [-0.3, -0.25) is 9.59 Å². The second kappa shape index (κ2) is 9.85. The largest absolute Gasteiger partial charge is 0.346 e. The highest BCUT2D eigenvalue weighted by Gasteiger charge is 2.31. The lowest BCUT2D eigenvalue weighted by Crippen LogP contribution is -2.43. The van der Waals surface area contributed by atoms with Crippen molar-refractivity contribution in [2.45, 2.75) is 37.1 Å². The van der Waals surface area contributed by atoms with E-state index in [1.807, 2.05) is 23.4 Å². The van der Waals surface area contributed by atoms with Crippen LogP contribution in [0.2, 0.25) is 0 Å². The maximum Gasteiger partial charge on any atom is 0.267 e. The van der Waals surface area contributed by atoms with Gasteiger partial charge in [-0.1, -0.05) is 25.1 Å². The second-order valence-electron chi connectivity index (χ2n) is 10.2. The molecule has 1 N–H and O–H groups in total. The number of fused-ring (bicyclic) bond motifs is 3. The number of H-pyrrole nitrogens is 1. The first kappa shape index (κ1) is 25.1. The highest BCUT2D eigenvalue weighted by molar-refractivity contribution is 7.90. The number of benzene rings is 1. The number of likely N-dealkylation sites (tertiary alicyclic amines) is 1. The van der Waals surface area contributed by atoms with Gasteiger partial charge in [-0.25, -0.2) is 17.4 Å². The van der Waals surface area contributed by atoms with Gasteiger partial charge < -0.3 is 14.5 Å². The van der Waals surface area contributed by atoms with Gasteiger partial charge in [0.2, 0.25) is 5.91 Å². The molecule has 10 heteroatoms. The predicted molar refractivity (Wildman–Crippen MR) is 148 cm³/mol. The van der Waals surface area contributed by atoms with Crippen LogP contribution in [-0.4, -0.2) is 56.6 Å². The Labute approximate surface area is 226 Å². The molecule has 0 saturated carbocycles. The number of carbonyl (C=O) groups is 2. The molecule has 0 radical (unpaired) electrons. The van der Waals surface area contributed by atoms with E-state index in [2.05, 4.69) is 33.7 Å². The number of Topliss-reactive ketones (excluding diaryl/α,β-unsaturated/α-hetero) is 1. The average Bonchev–Trinajstić information content (AvgIpc) is 3.71. The van der Waals surface area contributed by atoms with Crippen LogP contribution in [0.5, 0.6) is 0 Å². The molecule has 1 saturated heterocycles. The second-order valence-corrected chi connectivity index (χ2v) is 12.0. The molecule has 0 aliphatic carbocycles. The maximum atomic E-state index is 13.2. The minimum absolute atomic E-state index is 0.0209. The topological polar surface area (TPSA) is 110 Å². The number of piperidine rings is 1. The number of rotatable bonds is 7. The van der Waals surface area contributed by atoms with E-state index in [0.717, 1.165) is 32.3 Å². The summed E-state index contributed by atoms with van der Waals surface area (Å²) < 4.78 is 28.9. The third-order valence-corrected chi connectivity index (χ3v) is 9.41. The molecule has 0 spiro atoms. The van der Waals surface area contributed by atoms with E-state index in [4.69, 9.17) is 0 Å². The molecule has 9 nitrogen and oxygen atoms in total. The van der Waals surface area contributed by atoms with Crippen LogP contribution in [0.25, 0.3) is 21.9 Å². The summed E-state index contributed by atoms with van der Waals surface area (Å²) in [5.74, 6) is 0.0484. The van der Waals surface area contributed by atoms with Gasteiger partial charge in [0.25, 0.3) is 10.0 Å². The van der Waals surface area contributed by atoms with E-state index < -0.39 is 10.0 Å². The van der Waals surface area contributed by atoms with Crippen molar-refractivity contribution >= 4 is 43.7 Å². The van der Waals surface area contributed by atoms with E-state index in [-0.39, 0.29) is 41.0 Å². The Kier molecular flexibility index (Phi) is 6.34. The number of amides is 1. The number of aromatic amines is 1. The Balaban J connectivity index is 1.13. The van der Waals surface area contributed by atoms with Crippen molar-refractivity contribution in [3.8, 4) is 0 Å². The van der Waals surface area contributed by atoms with Gasteiger partial charge in [-0.15, -0.1) is 0 Å². The van der Waals surface area contributed by atoms with Crippen LogP contribution in [0.1, 0.15) is 42.6 Å². The summed E-state index contributed by atoms with van der Waals surface area (Å²) in [5.41, 5.74) is 2.22. The Bertz CT molecular complexity index is 1780. The minimum atomic E-state index is -3.78. The smallest absolute Gasteiger partial charge is 0.267 e. The molecule has 1 aliphatic rings. The fourth-order valence-corrected chi connectivity index (χ4v) is 6.71. The Morgan fingerprint density at radius 1 is 1.05 bits per heavy atom. The van der Waals surface area contributed by atoms with Crippen LogP contribution in [0.3, 0.4) is 0 Å². The first-order valence-corrected chi connectivity index (χ1v) is 14.5. The number of ketones is 1. The third-order valence-electron chi connectivity index (χ3n) is 7.76. The Morgan fingerprint density at radius 2 is 1.87 bits per heavy atom. The Hall–Kier alpha value is -4.18. The van der Waals surface area contributed by atoms with Gasteiger partial charge in [0.1, 0.15) is 5.65 Å². The summed E-state index contributed by atoms with van der Waals surface area (Å²) in [5, 5.41) is 2.12.